The average Bonchev–Trinajstić information content (AvgIpc) is 2.45. The minimum atomic E-state index is -0.307. The van der Waals surface area contributed by atoms with Crippen LogP contribution in [0.25, 0.3) is 0 Å². The lowest BCUT2D eigenvalue weighted by atomic mass is 10.2. The largest absolute Gasteiger partial charge is 0.325 e. The van der Waals surface area contributed by atoms with Crippen LogP contribution in [0.4, 0.5) is 5.69 Å². The van der Waals surface area contributed by atoms with Gasteiger partial charge in [-0.15, -0.1) is 10.2 Å². The van der Waals surface area contributed by atoms with Crippen molar-refractivity contribution < 1.29 is 4.79 Å². The quantitative estimate of drug-likeness (QED) is 0.841. The zero-order chi connectivity index (χ0) is 15.4. The molecule has 2 N–H and O–H groups in total. The standard InChI is InChI=1S/C13H13ClN4O2S/c1-7-9(14)4-3-5-10(7)15-11(19)6-21-13-16-12(20)8(2)17-18-13/h3-5H,6H2,1-2H3,(H,15,19)(H,16,18,20). The summed E-state index contributed by atoms with van der Waals surface area (Å²) in [5.41, 5.74) is 1.45. The summed E-state index contributed by atoms with van der Waals surface area (Å²) in [6.07, 6.45) is 0. The molecule has 0 saturated heterocycles. The van der Waals surface area contributed by atoms with Crippen LogP contribution in [0.2, 0.25) is 5.02 Å². The van der Waals surface area contributed by atoms with E-state index in [1.165, 1.54) is 0 Å². The van der Waals surface area contributed by atoms with E-state index in [-0.39, 0.29) is 17.2 Å². The number of thioether (sulfide) groups is 1. The van der Waals surface area contributed by atoms with Gasteiger partial charge in [-0.2, -0.15) is 0 Å². The molecule has 110 valence electrons. The average molecular weight is 325 g/mol. The van der Waals surface area contributed by atoms with Crippen molar-refractivity contribution in [3.8, 4) is 0 Å². The Balaban J connectivity index is 1.97. The fourth-order valence-electron chi connectivity index (χ4n) is 1.51. The predicted molar refractivity (Wildman–Crippen MR) is 82.9 cm³/mol. The normalized spacial score (nSPS) is 10.4. The molecule has 1 heterocycles. The monoisotopic (exact) mass is 324 g/mol. The zero-order valence-electron chi connectivity index (χ0n) is 11.4. The van der Waals surface area contributed by atoms with Crippen molar-refractivity contribution in [3.05, 3.63) is 44.8 Å². The number of amides is 1. The number of halogens is 1. The van der Waals surface area contributed by atoms with Gasteiger partial charge in [-0.3, -0.25) is 14.6 Å². The van der Waals surface area contributed by atoms with E-state index in [0.717, 1.165) is 17.3 Å². The Hall–Kier alpha value is -1.86. The molecule has 0 saturated carbocycles. The van der Waals surface area contributed by atoms with Gasteiger partial charge in [-0.05, 0) is 31.5 Å². The lowest BCUT2D eigenvalue weighted by molar-refractivity contribution is -0.113. The van der Waals surface area contributed by atoms with Crippen LogP contribution >= 0.6 is 23.4 Å². The summed E-state index contributed by atoms with van der Waals surface area (Å²) in [5.74, 6) is -0.104. The Morgan fingerprint density at radius 1 is 1.38 bits per heavy atom. The predicted octanol–water partition coefficient (Wildman–Crippen LogP) is 2.17. The molecule has 0 atom stereocenters. The van der Waals surface area contributed by atoms with Gasteiger partial charge in [0.15, 0.2) is 5.16 Å². The van der Waals surface area contributed by atoms with E-state index >= 15 is 0 Å². The topological polar surface area (TPSA) is 87.7 Å². The number of aromatic nitrogens is 3. The second kappa shape index (κ2) is 6.73. The Kier molecular flexibility index (Phi) is 4.98. The number of nitrogens with zero attached hydrogens (tertiary/aromatic N) is 2. The molecule has 2 aromatic rings. The van der Waals surface area contributed by atoms with Crippen LogP contribution in [-0.4, -0.2) is 26.8 Å². The van der Waals surface area contributed by atoms with Gasteiger partial charge in [0.25, 0.3) is 5.56 Å². The third kappa shape index (κ3) is 4.05. The fraction of sp³-hybridized carbons (Fsp3) is 0.231. The number of hydrogen-bond acceptors (Lipinski definition) is 5. The smallest absolute Gasteiger partial charge is 0.273 e. The molecular formula is C13H13ClN4O2S. The summed E-state index contributed by atoms with van der Waals surface area (Å²) in [6, 6.07) is 5.30. The molecule has 0 fully saturated rings. The van der Waals surface area contributed by atoms with Crippen LogP contribution in [0.5, 0.6) is 0 Å². The van der Waals surface area contributed by atoms with Crippen LogP contribution in [-0.2, 0) is 4.79 Å². The van der Waals surface area contributed by atoms with Gasteiger partial charge in [0, 0.05) is 10.7 Å². The molecule has 0 bridgehead atoms. The summed E-state index contributed by atoms with van der Waals surface area (Å²) in [4.78, 5) is 25.8. The zero-order valence-corrected chi connectivity index (χ0v) is 13.0. The first kappa shape index (κ1) is 15.5. The van der Waals surface area contributed by atoms with Crippen LogP contribution in [0.15, 0.2) is 28.2 Å². The molecule has 0 radical (unpaired) electrons. The van der Waals surface area contributed by atoms with Gasteiger partial charge in [0.1, 0.15) is 5.69 Å². The number of benzene rings is 1. The lowest BCUT2D eigenvalue weighted by Crippen LogP contribution is -2.17. The van der Waals surface area contributed by atoms with Crippen molar-refractivity contribution in [1.82, 2.24) is 15.2 Å². The SMILES string of the molecule is Cc1c(Cl)cccc1NC(=O)CSc1nnc(C)c(=O)[nH]1. The number of aryl methyl sites for hydroxylation is 1. The van der Waals surface area contributed by atoms with Gasteiger partial charge < -0.3 is 5.32 Å². The number of carbonyl (C=O) groups is 1. The molecule has 1 amide bonds. The van der Waals surface area contributed by atoms with Gasteiger partial charge in [-0.25, -0.2) is 0 Å². The molecule has 0 spiro atoms. The van der Waals surface area contributed by atoms with Crippen LogP contribution in [0.3, 0.4) is 0 Å². The molecule has 2 rings (SSSR count). The number of rotatable bonds is 4. The van der Waals surface area contributed by atoms with E-state index in [1.807, 2.05) is 6.92 Å². The fourth-order valence-corrected chi connectivity index (χ4v) is 2.28. The van der Waals surface area contributed by atoms with Gasteiger partial charge >= 0.3 is 0 Å². The summed E-state index contributed by atoms with van der Waals surface area (Å²) in [7, 11) is 0. The highest BCUT2D eigenvalue weighted by Gasteiger charge is 2.09. The molecule has 0 aliphatic carbocycles. The summed E-state index contributed by atoms with van der Waals surface area (Å²) < 4.78 is 0. The van der Waals surface area contributed by atoms with E-state index < -0.39 is 0 Å². The summed E-state index contributed by atoms with van der Waals surface area (Å²) in [5, 5.41) is 11.2. The minimum absolute atomic E-state index is 0.111. The van der Waals surface area contributed by atoms with Crippen molar-refractivity contribution in [2.45, 2.75) is 19.0 Å². The Morgan fingerprint density at radius 3 is 2.86 bits per heavy atom. The van der Waals surface area contributed by atoms with E-state index in [1.54, 1.807) is 25.1 Å². The van der Waals surface area contributed by atoms with Crippen molar-refractivity contribution in [2.75, 3.05) is 11.1 Å². The van der Waals surface area contributed by atoms with Gasteiger partial charge in [0.2, 0.25) is 5.91 Å². The highest BCUT2D eigenvalue weighted by Crippen LogP contribution is 2.23. The van der Waals surface area contributed by atoms with Crippen molar-refractivity contribution in [1.29, 1.82) is 0 Å². The first-order valence-corrected chi connectivity index (χ1v) is 7.45. The highest BCUT2D eigenvalue weighted by atomic mass is 35.5. The molecule has 0 aliphatic rings. The number of hydrogen-bond donors (Lipinski definition) is 2. The molecule has 0 aliphatic heterocycles. The highest BCUT2D eigenvalue weighted by molar-refractivity contribution is 7.99. The first-order valence-electron chi connectivity index (χ1n) is 6.08. The number of anilines is 1. The van der Waals surface area contributed by atoms with Gasteiger partial charge in [0.05, 0.1) is 5.75 Å². The van der Waals surface area contributed by atoms with Crippen molar-refractivity contribution in [2.24, 2.45) is 0 Å². The van der Waals surface area contributed by atoms with Crippen LogP contribution in [0.1, 0.15) is 11.3 Å². The van der Waals surface area contributed by atoms with Crippen molar-refractivity contribution in [3.63, 3.8) is 0 Å². The molecule has 1 aromatic heterocycles. The molecule has 1 aromatic carbocycles. The summed E-state index contributed by atoms with van der Waals surface area (Å²) in [6.45, 7) is 3.39. The maximum atomic E-state index is 11.9. The third-order valence-electron chi connectivity index (χ3n) is 2.72. The Morgan fingerprint density at radius 2 is 2.14 bits per heavy atom. The van der Waals surface area contributed by atoms with Gasteiger partial charge in [-0.1, -0.05) is 29.4 Å². The lowest BCUT2D eigenvalue weighted by Gasteiger charge is -2.09. The number of carbonyl (C=O) groups excluding carboxylic acids is 1. The third-order valence-corrected chi connectivity index (χ3v) is 3.99. The Bertz CT molecular complexity index is 732. The van der Waals surface area contributed by atoms with E-state index in [2.05, 4.69) is 20.5 Å². The maximum absolute atomic E-state index is 11.9. The molecular weight excluding hydrogens is 312 g/mol. The summed E-state index contributed by atoms with van der Waals surface area (Å²) >= 11 is 7.09. The first-order chi connectivity index (χ1) is 9.97. The van der Waals surface area contributed by atoms with Crippen LogP contribution in [0, 0.1) is 13.8 Å². The maximum Gasteiger partial charge on any atom is 0.273 e. The molecule has 6 nitrogen and oxygen atoms in total. The molecule has 21 heavy (non-hydrogen) atoms. The van der Waals surface area contributed by atoms with E-state index in [0.29, 0.717) is 21.6 Å². The number of nitrogens with one attached hydrogen (secondary N) is 2. The number of H-pyrrole nitrogens is 1. The van der Waals surface area contributed by atoms with E-state index in [4.69, 9.17) is 11.6 Å². The van der Waals surface area contributed by atoms with Crippen LogP contribution < -0.4 is 10.9 Å². The second-order valence-electron chi connectivity index (χ2n) is 4.29. The molecule has 8 heteroatoms. The molecule has 0 unspecified atom stereocenters. The minimum Gasteiger partial charge on any atom is -0.325 e. The van der Waals surface area contributed by atoms with Crippen molar-refractivity contribution >= 4 is 35.0 Å². The van der Waals surface area contributed by atoms with E-state index in [9.17, 15) is 9.59 Å². The number of aromatic amines is 1. The second-order valence-corrected chi connectivity index (χ2v) is 5.67. The Labute approximate surface area is 130 Å².